The highest BCUT2D eigenvalue weighted by molar-refractivity contribution is 5.89. The van der Waals surface area contributed by atoms with Gasteiger partial charge in [0.15, 0.2) is 0 Å². The highest BCUT2D eigenvalue weighted by atomic mass is 16.2. The summed E-state index contributed by atoms with van der Waals surface area (Å²) in [5.41, 5.74) is 1.95. The van der Waals surface area contributed by atoms with Crippen LogP contribution in [0.4, 0.5) is 0 Å². The number of aromatic nitrogens is 3. The summed E-state index contributed by atoms with van der Waals surface area (Å²) < 4.78 is 1.68. The fourth-order valence-corrected chi connectivity index (χ4v) is 2.98. The van der Waals surface area contributed by atoms with E-state index in [0.29, 0.717) is 13.0 Å². The Balaban J connectivity index is 1.70. The molecule has 0 saturated carbocycles. The molecule has 3 rings (SSSR count). The second-order valence-corrected chi connectivity index (χ2v) is 6.23. The van der Waals surface area contributed by atoms with Crippen molar-refractivity contribution >= 4 is 11.8 Å². The molecule has 0 aliphatic carbocycles. The molecule has 0 radical (unpaired) electrons. The first-order valence-corrected chi connectivity index (χ1v) is 7.93. The summed E-state index contributed by atoms with van der Waals surface area (Å²) in [4.78, 5) is 31.5. The van der Waals surface area contributed by atoms with Crippen LogP contribution in [0.1, 0.15) is 24.9 Å². The molecule has 1 aliphatic rings. The van der Waals surface area contributed by atoms with Crippen molar-refractivity contribution in [2.45, 2.75) is 19.4 Å². The number of likely N-dealkylation sites (tertiary alicyclic amines) is 1. The molecule has 1 saturated heterocycles. The lowest BCUT2D eigenvalue weighted by molar-refractivity contribution is -0.136. The highest BCUT2D eigenvalue weighted by Crippen LogP contribution is 2.25. The molecule has 0 spiro atoms. The summed E-state index contributed by atoms with van der Waals surface area (Å²) in [5.74, 6) is -0.198. The number of benzene rings is 1. The van der Waals surface area contributed by atoms with Crippen LogP contribution in [-0.4, -0.2) is 57.0 Å². The van der Waals surface area contributed by atoms with Gasteiger partial charge in [-0.05, 0) is 24.6 Å². The first kappa shape index (κ1) is 16.2. The quantitative estimate of drug-likeness (QED) is 0.848. The fraction of sp³-hybridized carbons (Fsp3) is 0.412. The predicted molar refractivity (Wildman–Crippen MR) is 88.3 cm³/mol. The third-order valence-electron chi connectivity index (χ3n) is 4.68. The van der Waals surface area contributed by atoms with Crippen LogP contribution in [0, 0.1) is 5.92 Å². The molecule has 7 nitrogen and oxygen atoms in total. The number of carbonyl (C=O) groups excluding carboxylic acids is 2. The number of rotatable bonds is 4. The first-order valence-electron chi connectivity index (χ1n) is 7.93. The van der Waals surface area contributed by atoms with E-state index in [1.165, 1.54) is 6.33 Å². The Kier molecular flexibility index (Phi) is 4.33. The van der Waals surface area contributed by atoms with Gasteiger partial charge in [0.1, 0.15) is 12.7 Å². The molecule has 1 aromatic heterocycles. The molecule has 0 unspecified atom stereocenters. The largest absolute Gasteiger partial charge is 0.345 e. The van der Waals surface area contributed by atoms with Crippen molar-refractivity contribution in [2.24, 2.45) is 5.92 Å². The van der Waals surface area contributed by atoms with E-state index in [2.05, 4.69) is 10.1 Å². The number of hydrogen-bond donors (Lipinski definition) is 0. The minimum Gasteiger partial charge on any atom is -0.345 e. The summed E-state index contributed by atoms with van der Waals surface area (Å²) in [6.07, 6.45) is 3.43. The van der Waals surface area contributed by atoms with Gasteiger partial charge in [0.2, 0.25) is 11.8 Å². The summed E-state index contributed by atoms with van der Waals surface area (Å²) in [6.45, 7) is 2.49. The molecule has 1 fully saturated rings. The average molecular weight is 327 g/mol. The normalized spacial score (nSPS) is 18.7. The van der Waals surface area contributed by atoms with E-state index < -0.39 is 0 Å². The average Bonchev–Trinajstić information content (AvgIpc) is 3.24. The SMILES string of the molecule is C[C@@H](c1ccc(-n2cncn2)cc1)N(C)C(=O)[C@H]1CC(=O)N(C)C1. The Morgan fingerprint density at radius 3 is 2.58 bits per heavy atom. The molecular formula is C17H21N5O2. The maximum Gasteiger partial charge on any atom is 0.228 e. The zero-order chi connectivity index (χ0) is 17.3. The standard InChI is InChI=1S/C17H21N5O2/c1-12(21(3)17(24)14-8-16(23)20(2)9-14)13-4-6-15(7-5-13)22-11-18-10-19-22/h4-7,10-12,14H,8-9H2,1-3H3/t12-,14-/m0/s1. The Morgan fingerprint density at radius 2 is 2.04 bits per heavy atom. The van der Waals surface area contributed by atoms with E-state index in [1.54, 1.807) is 34.9 Å². The van der Waals surface area contributed by atoms with E-state index >= 15 is 0 Å². The van der Waals surface area contributed by atoms with Crippen molar-refractivity contribution < 1.29 is 9.59 Å². The molecule has 24 heavy (non-hydrogen) atoms. The summed E-state index contributed by atoms with van der Waals surface area (Å²) in [7, 11) is 3.53. The van der Waals surface area contributed by atoms with Crippen LogP contribution in [-0.2, 0) is 9.59 Å². The minimum atomic E-state index is -0.246. The molecule has 1 aliphatic heterocycles. The van der Waals surface area contributed by atoms with Gasteiger partial charge in [-0.25, -0.2) is 9.67 Å². The van der Waals surface area contributed by atoms with Gasteiger partial charge in [0.05, 0.1) is 17.6 Å². The van der Waals surface area contributed by atoms with Gasteiger partial charge in [-0.1, -0.05) is 12.1 Å². The smallest absolute Gasteiger partial charge is 0.228 e. The van der Waals surface area contributed by atoms with Gasteiger partial charge < -0.3 is 9.80 Å². The van der Waals surface area contributed by atoms with Crippen molar-refractivity contribution in [2.75, 3.05) is 20.6 Å². The second kappa shape index (κ2) is 6.43. The van der Waals surface area contributed by atoms with Crippen LogP contribution in [0.3, 0.4) is 0 Å². The number of carbonyl (C=O) groups is 2. The molecule has 2 heterocycles. The summed E-state index contributed by atoms with van der Waals surface area (Å²) in [6, 6.07) is 7.80. The number of nitrogens with zero attached hydrogens (tertiary/aromatic N) is 5. The summed E-state index contributed by atoms with van der Waals surface area (Å²) in [5, 5.41) is 4.10. The van der Waals surface area contributed by atoms with Crippen molar-refractivity contribution in [3.63, 3.8) is 0 Å². The molecule has 0 N–H and O–H groups in total. The third kappa shape index (κ3) is 3.02. The Morgan fingerprint density at radius 1 is 1.33 bits per heavy atom. The van der Waals surface area contributed by atoms with E-state index in [9.17, 15) is 9.59 Å². The molecule has 0 bridgehead atoms. The maximum absolute atomic E-state index is 12.6. The van der Waals surface area contributed by atoms with Crippen molar-refractivity contribution in [1.82, 2.24) is 24.6 Å². The minimum absolute atomic E-state index is 0.0144. The first-order chi connectivity index (χ1) is 11.5. The van der Waals surface area contributed by atoms with Gasteiger partial charge >= 0.3 is 0 Å². The number of hydrogen-bond acceptors (Lipinski definition) is 4. The van der Waals surface area contributed by atoms with Crippen molar-refractivity contribution in [1.29, 1.82) is 0 Å². The van der Waals surface area contributed by atoms with Crippen LogP contribution in [0.15, 0.2) is 36.9 Å². The zero-order valence-corrected chi connectivity index (χ0v) is 14.1. The monoisotopic (exact) mass is 327 g/mol. The van der Waals surface area contributed by atoms with Gasteiger partial charge in [-0.2, -0.15) is 5.10 Å². The van der Waals surface area contributed by atoms with Crippen LogP contribution >= 0.6 is 0 Å². The molecule has 1 aromatic carbocycles. The Bertz CT molecular complexity index is 726. The lowest BCUT2D eigenvalue weighted by Gasteiger charge is -2.27. The second-order valence-electron chi connectivity index (χ2n) is 6.23. The Labute approximate surface area is 140 Å². The van der Waals surface area contributed by atoms with Crippen molar-refractivity contribution in [3.8, 4) is 5.69 Å². The predicted octanol–water partition coefficient (Wildman–Crippen LogP) is 1.26. The third-order valence-corrected chi connectivity index (χ3v) is 4.68. The van der Waals surface area contributed by atoms with E-state index in [1.807, 2.05) is 31.2 Å². The Hall–Kier alpha value is -2.70. The highest BCUT2D eigenvalue weighted by Gasteiger charge is 2.35. The zero-order valence-electron chi connectivity index (χ0n) is 14.1. The number of amides is 2. The van der Waals surface area contributed by atoms with Gasteiger partial charge in [0.25, 0.3) is 0 Å². The fourth-order valence-electron chi connectivity index (χ4n) is 2.98. The van der Waals surface area contributed by atoms with Crippen LogP contribution in [0.2, 0.25) is 0 Å². The molecule has 2 amide bonds. The summed E-state index contributed by atoms with van der Waals surface area (Å²) >= 11 is 0. The van der Waals surface area contributed by atoms with Crippen LogP contribution in [0.25, 0.3) is 5.69 Å². The van der Waals surface area contributed by atoms with Crippen LogP contribution < -0.4 is 0 Å². The van der Waals surface area contributed by atoms with Gasteiger partial charge in [-0.3, -0.25) is 9.59 Å². The van der Waals surface area contributed by atoms with Crippen molar-refractivity contribution in [3.05, 3.63) is 42.5 Å². The molecule has 2 aromatic rings. The van der Waals surface area contributed by atoms with E-state index in [0.717, 1.165) is 11.3 Å². The molecule has 7 heteroatoms. The molecular weight excluding hydrogens is 306 g/mol. The van der Waals surface area contributed by atoms with Gasteiger partial charge in [-0.15, -0.1) is 0 Å². The van der Waals surface area contributed by atoms with Crippen LogP contribution in [0.5, 0.6) is 0 Å². The van der Waals surface area contributed by atoms with Gasteiger partial charge in [0, 0.05) is 27.1 Å². The lowest BCUT2D eigenvalue weighted by Crippen LogP contribution is -2.36. The maximum atomic E-state index is 12.6. The van der Waals surface area contributed by atoms with E-state index in [4.69, 9.17) is 0 Å². The molecule has 126 valence electrons. The van der Waals surface area contributed by atoms with E-state index in [-0.39, 0.29) is 23.8 Å². The topological polar surface area (TPSA) is 71.3 Å². The lowest BCUT2D eigenvalue weighted by atomic mass is 10.0. The molecule has 2 atom stereocenters.